The summed E-state index contributed by atoms with van der Waals surface area (Å²) in [4.78, 5) is 0. The summed E-state index contributed by atoms with van der Waals surface area (Å²) in [5, 5.41) is 11.2. The maximum absolute atomic E-state index is 7.10. The third kappa shape index (κ3) is 3.01. The number of hydrazone groups is 1. The van der Waals surface area contributed by atoms with Gasteiger partial charge in [0.25, 0.3) is 0 Å². The Morgan fingerprint density at radius 1 is 1.46 bits per heavy atom. The molecule has 1 aliphatic rings. The van der Waals surface area contributed by atoms with Gasteiger partial charge in [0, 0.05) is 17.8 Å². The summed E-state index contributed by atoms with van der Waals surface area (Å²) >= 11 is 0. The molecule has 0 spiro atoms. The highest BCUT2D eigenvalue weighted by atomic mass is 15.3. The van der Waals surface area contributed by atoms with Crippen LogP contribution in [0.2, 0.25) is 0 Å². The maximum Gasteiger partial charge on any atom is 0.0899 e. The largest absolute Gasteiger partial charge is 0.311 e. The van der Waals surface area contributed by atoms with Crippen molar-refractivity contribution in [2.45, 2.75) is 33.7 Å². The quantitative estimate of drug-likeness (QED) is 0.498. The molecule has 2 atom stereocenters. The van der Waals surface area contributed by atoms with E-state index < -0.39 is 0 Å². The van der Waals surface area contributed by atoms with Crippen LogP contribution in [0.4, 0.5) is 0 Å². The Balaban J connectivity index is 0.000000671. The predicted molar refractivity (Wildman–Crippen MR) is 58.5 cm³/mol. The van der Waals surface area contributed by atoms with Crippen molar-refractivity contribution >= 4 is 11.9 Å². The highest BCUT2D eigenvalue weighted by Crippen LogP contribution is 2.12. The Morgan fingerprint density at radius 3 is 2.54 bits per heavy atom. The summed E-state index contributed by atoms with van der Waals surface area (Å²) in [5.74, 6) is 0.275. The highest BCUT2D eigenvalue weighted by Gasteiger charge is 2.24. The Morgan fingerprint density at radius 2 is 2.08 bits per heavy atom. The van der Waals surface area contributed by atoms with Gasteiger partial charge in [0.2, 0.25) is 0 Å². The van der Waals surface area contributed by atoms with Crippen LogP contribution in [0.25, 0.3) is 0 Å². The molecule has 13 heavy (non-hydrogen) atoms. The van der Waals surface area contributed by atoms with Gasteiger partial charge in [-0.2, -0.15) is 5.10 Å². The summed E-state index contributed by atoms with van der Waals surface area (Å²) in [5.41, 5.74) is 3.94. The third-order valence-electron chi connectivity index (χ3n) is 1.84. The number of nitrogens with zero attached hydrogens (tertiary/aromatic N) is 1. The van der Waals surface area contributed by atoms with Crippen molar-refractivity contribution in [3.63, 3.8) is 0 Å². The lowest BCUT2D eigenvalue weighted by Gasteiger charge is -2.09. The second kappa shape index (κ2) is 6.40. The van der Waals surface area contributed by atoms with Crippen LogP contribution >= 0.6 is 0 Å². The first-order valence-corrected chi connectivity index (χ1v) is 4.72. The molecule has 74 valence electrons. The zero-order valence-corrected chi connectivity index (χ0v) is 8.83. The Hall–Kier alpha value is -1.12. The monoisotopic (exact) mass is 181 g/mol. The van der Waals surface area contributed by atoms with E-state index in [0.717, 1.165) is 5.71 Å². The standard InChI is InChI=1S/C8H13N3.C2H6/c1-3-4-7-6(2)10-11-8(7)5-9;1-2/h3-5,7-9,11H,1-2H3;1-2H3/b4-3-,9-5?;. The number of nitrogens with one attached hydrogen (secondary N) is 2. The molecule has 1 heterocycles. The molecule has 2 unspecified atom stereocenters. The van der Waals surface area contributed by atoms with Crippen LogP contribution in [-0.2, 0) is 0 Å². The molecule has 0 saturated carbocycles. The molecule has 3 nitrogen and oxygen atoms in total. The fourth-order valence-corrected chi connectivity index (χ4v) is 1.20. The maximum atomic E-state index is 7.10. The van der Waals surface area contributed by atoms with Gasteiger partial charge < -0.3 is 10.8 Å². The minimum atomic E-state index is 0.0613. The second-order valence-corrected chi connectivity index (χ2v) is 2.63. The SMILES string of the molecule is C/C=C\C1C(C)=NNC1C=N.CC. The average Bonchev–Trinajstić information content (AvgIpc) is 2.52. The van der Waals surface area contributed by atoms with E-state index in [0.29, 0.717) is 0 Å². The molecule has 0 aliphatic carbocycles. The molecule has 0 bridgehead atoms. The van der Waals surface area contributed by atoms with Crippen LogP contribution in [0.15, 0.2) is 17.3 Å². The van der Waals surface area contributed by atoms with Crippen LogP contribution in [0, 0.1) is 11.3 Å². The number of hydrogen-bond donors (Lipinski definition) is 2. The molecule has 0 radical (unpaired) electrons. The fraction of sp³-hybridized carbons (Fsp3) is 0.600. The summed E-state index contributed by atoms with van der Waals surface area (Å²) in [7, 11) is 0. The van der Waals surface area contributed by atoms with E-state index in [1.54, 1.807) is 0 Å². The van der Waals surface area contributed by atoms with Crippen LogP contribution < -0.4 is 5.43 Å². The van der Waals surface area contributed by atoms with Gasteiger partial charge in [0.1, 0.15) is 0 Å². The minimum Gasteiger partial charge on any atom is -0.311 e. The summed E-state index contributed by atoms with van der Waals surface area (Å²) < 4.78 is 0. The minimum absolute atomic E-state index is 0.0613. The van der Waals surface area contributed by atoms with Gasteiger partial charge in [0.05, 0.1) is 6.04 Å². The normalized spacial score (nSPS) is 26.0. The fourth-order valence-electron chi connectivity index (χ4n) is 1.20. The topological polar surface area (TPSA) is 48.2 Å². The van der Waals surface area contributed by atoms with E-state index in [1.807, 2.05) is 33.8 Å². The molecule has 0 amide bonds. The lowest BCUT2D eigenvalue weighted by atomic mass is 9.97. The van der Waals surface area contributed by atoms with E-state index in [9.17, 15) is 0 Å². The molecule has 1 aliphatic heterocycles. The number of hydrogen-bond acceptors (Lipinski definition) is 3. The Kier molecular flexibility index (Phi) is 5.85. The van der Waals surface area contributed by atoms with Crippen LogP contribution in [0.3, 0.4) is 0 Å². The molecule has 2 N–H and O–H groups in total. The molecular weight excluding hydrogens is 162 g/mol. The van der Waals surface area contributed by atoms with Crippen molar-refractivity contribution in [2.75, 3.05) is 0 Å². The van der Waals surface area contributed by atoms with E-state index in [4.69, 9.17) is 5.41 Å². The molecule has 0 aromatic heterocycles. The lowest BCUT2D eigenvalue weighted by Crippen LogP contribution is -2.28. The lowest BCUT2D eigenvalue weighted by molar-refractivity contribution is 0.663. The predicted octanol–water partition coefficient (Wildman–Crippen LogP) is 2.20. The van der Waals surface area contributed by atoms with Gasteiger partial charge in [-0.05, 0) is 13.8 Å². The Labute approximate surface area is 80.4 Å². The Bertz CT molecular complexity index is 206. The van der Waals surface area contributed by atoms with Crippen LogP contribution in [0.5, 0.6) is 0 Å². The first-order chi connectivity index (χ1) is 6.29. The zero-order chi connectivity index (χ0) is 10.3. The van der Waals surface area contributed by atoms with Crippen molar-refractivity contribution in [3.05, 3.63) is 12.2 Å². The van der Waals surface area contributed by atoms with E-state index in [-0.39, 0.29) is 12.0 Å². The van der Waals surface area contributed by atoms with Gasteiger partial charge in [-0.15, -0.1) is 0 Å². The number of allylic oxidation sites excluding steroid dienone is 1. The first kappa shape index (κ1) is 11.9. The van der Waals surface area contributed by atoms with Crippen molar-refractivity contribution in [2.24, 2.45) is 11.0 Å². The average molecular weight is 181 g/mol. The molecule has 0 fully saturated rings. The molecule has 0 aromatic carbocycles. The smallest absolute Gasteiger partial charge is 0.0899 e. The molecule has 1 rings (SSSR count). The van der Waals surface area contributed by atoms with E-state index in [2.05, 4.69) is 16.6 Å². The van der Waals surface area contributed by atoms with Gasteiger partial charge in [-0.3, -0.25) is 0 Å². The van der Waals surface area contributed by atoms with E-state index in [1.165, 1.54) is 6.21 Å². The van der Waals surface area contributed by atoms with E-state index >= 15 is 0 Å². The molecule has 0 saturated heterocycles. The van der Waals surface area contributed by atoms with Crippen molar-refractivity contribution in [1.29, 1.82) is 5.41 Å². The third-order valence-corrected chi connectivity index (χ3v) is 1.84. The van der Waals surface area contributed by atoms with Crippen LogP contribution in [-0.4, -0.2) is 18.0 Å². The summed E-state index contributed by atoms with van der Waals surface area (Å²) in [6.07, 6.45) is 5.45. The zero-order valence-electron chi connectivity index (χ0n) is 8.83. The molecule has 0 aromatic rings. The van der Waals surface area contributed by atoms with Gasteiger partial charge in [-0.1, -0.05) is 26.0 Å². The van der Waals surface area contributed by atoms with Crippen molar-refractivity contribution in [1.82, 2.24) is 5.43 Å². The molecular formula is C10H19N3. The summed E-state index contributed by atoms with van der Waals surface area (Å²) in [6.45, 7) is 7.95. The van der Waals surface area contributed by atoms with Crippen molar-refractivity contribution in [3.8, 4) is 0 Å². The summed E-state index contributed by atoms with van der Waals surface area (Å²) in [6, 6.07) is 0.0613. The highest BCUT2D eigenvalue weighted by molar-refractivity contribution is 5.91. The van der Waals surface area contributed by atoms with Gasteiger partial charge in [-0.25, -0.2) is 0 Å². The van der Waals surface area contributed by atoms with Gasteiger partial charge >= 0.3 is 0 Å². The van der Waals surface area contributed by atoms with Gasteiger partial charge in [0.15, 0.2) is 0 Å². The van der Waals surface area contributed by atoms with Crippen LogP contribution in [0.1, 0.15) is 27.7 Å². The van der Waals surface area contributed by atoms with Crippen molar-refractivity contribution < 1.29 is 0 Å². The first-order valence-electron chi connectivity index (χ1n) is 4.72. The molecule has 3 heteroatoms. The second-order valence-electron chi connectivity index (χ2n) is 2.63. The number of rotatable bonds is 2.